The van der Waals surface area contributed by atoms with Crippen molar-refractivity contribution in [1.29, 1.82) is 5.26 Å². The number of halogens is 5. The van der Waals surface area contributed by atoms with Crippen LogP contribution in [0.1, 0.15) is 28.2 Å². The Bertz CT molecular complexity index is 1070. The van der Waals surface area contributed by atoms with Gasteiger partial charge in [-0.05, 0) is 24.3 Å². The second kappa shape index (κ2) is 8.13. The molecule has 8 nitrogen and oxygen atoms in total. The lowest BCUT2D eigenvalue weighted by molar-refractivity contribution is -0.209. The fraction of sp³-hybridized carbons (Fsp3) is 0.278. The van der Waals surface area contributed by atoms with Gasteiger partial charge in [-0.2, -0.15) is 18.4 Å². The first-order valence-corrected chi connectivity index (χ1v) is 8.57. The molecule has 0 spiro atoms. The van der Waals surface area contributed by atoms with Crippen LogP contribution < -0.4 is 11.1 Å². The van der Waals surface area contributed by atoms with E-state index in [-0.39, 0.29) is 17.1 Å². The molecular formula is C18H13F5N6O2. The summed E-state index contributed by atoms with van der Waals surface area (Å²) >= 11 is 0. The molecule has 1 aliphatic rings. The van der Waals surface area contributed by atoms with Crippen LogP contribution in [0, 0.1) is 17.1 Å². The molecule has 0 aromatic carbocycles. The van der Waals surface area contributed by atoms with Gasteiger partial charge in [-0.25, -0.2) is 23.7 Å². The number of nitrogens with zero attached hydrogens (tertiary/aromatic N) is 4. The summed E-state index contributed by atoms with van der Waals surface area (Å²) < 4.78 is 72.3. The number of aliphatic imine (C=N–C) groups is 1. The van der Waals surface area contributed by atoms with Crippen LogP contribution in [0.4, 0.5) is 27.8 Å². The van der Waals surface area contributed by atoms with E-state index in [0.29, 0.717) is 0 Å². The van der Waals surface area contributed by atoms with Crippen molar-refractivity contribution >= 4 is 17.7 Å². The molecule has 3 heterocycles. The van der Waals surface area contributed by atoms with Crippen LogP contribution in [-0.4, -0.2) is 40.9 Å². The molecule has 1 amide bonds. The van der Waals surface area contributed by atoms with E-state index in [0.717, 1.165) is 18.3 Å². The number of aromatic nitrogens is 2. The van der Waals surface area contributed by atoms with E-state index in [2.05, 4.69) is 25.0 Å². The summed E-state index contributed by atoms with van der Waals surface area (Å²) in [7, 11) is 0. The number of amidine groups is 1. The molecule has 3 rings (SSSR count). The molecule has 0 saturated heterocycles. The average molecular weight is 440 g/mol. The fourth-order valence-electron chi connectivity index (χ4n) is 2.87. The largest absolute Gasteiger partial charge is 0.452 e. The number of hydrogen-bond acceptors (Lipinski definition) is 7. The lowest BCUT2D eigenvalue weighted by Crippen LogP contribution is -2.48. The fourth-order valence-corrected chi connectivity index (χ4v) is 2.87. The van der Waals surface area contributed by atoms with Crippen molar-refractivity contribution in [2.24, 2.45) is 10.7 Å². The van der Waals surface area contributed by atoms with Crippen molar-refractivity contribution < 1.29 is 31.5 Å². The molecule has 31 heavy (non-hydrogen) atoms. The number of nitriles is 1. The molecular weight excluding hydrogens is 427 g/mol. The molecule has 2 aromatic rings. The van der Waals surface area contributed by atoms with Crippen molar-refractivity contribution in [3.05, 3.63) is 53.2 Å². The molecule has 0 saturated carbocycles. The normalized spacial score (nSPS) is 20.9. The average Bonchev–Trinajstić information content (AvgIpc) is 2.74. The van der Waals surface area contributed by atoms with Gasteiger partial charge < -0.3 is 15.8 Å². The van der Waals surface area contributed by atoms with Crippen molar-refractivity contribution in [2.75, 3.05) is 12.0 Å². The second-order valence-electron chi connectivity index (χ2n) is 6.49. The highest BCUT2D eigenvalue weighted by atomic mass is 19.4. The number of nitrogens with two attached hydrogens (primary N) is 1. The Morgan fingerprint density at radius 2 is 2.10 bits per heavy atom. The Hall–Kier alpha value is -3.82. The highest BCUT2D eigenvalue weighted by Crippen LogP contribution is 2.41. The molecule has 2 aromatic heterocycles. The monoisotopic (exact) mass is 440 g/mol. The summed E-state index contributed by atoms with van der Waals surface area (Å²) in [4.78, 5) is 23.4. The van der Waals surface area contributed by atoms with Crippen LogP contribution in [0.15, 0.2) is 35.5 Å². The number of anilines is 1. The van der Waals surface area contributed by atoms with Gasteiger partial charge in [0.15, 0.2) is 6.10 Å². The first kappa shape index (κ1) is 21.9. The van der Waals surface area contributed by atoms with Gasteiger partial charge in [-0.3, -0.25) is 4.79 Å². The topological polar surface area (TPSA) is 126 Å². The molecule has 162 valence electrons. The minimum atomic E-state index is -4.91. The molecule has 0 fully saturated rings. The number of pyridine rings is 2. The lowest BCUT2D eigenvalue weighted by atomic mass is 9.88. The van der Waals surface area contributed by atoms with Crippen LogP contribution in [0.2, 0.25) is 0 Å². The van der Waals surface area contributed by atoms with Gasteiger partial charge in [0.05, 0.1) is 5.56 Å². The quantitative estimate of drug-likeness (QED) is 0.704. The predicted molar refractivity (Wildman–Crippen MR) is 95.9 cm³/mol. The number of ether oxygens (including phenoxy) is 1. The first-order valence-electron chi connectivity index (χ1n) is 8.57. The Balaban J connectivity index is 1.94. The standard InChI is InChI=1S/C18H13F5N6O2/c19-8-17(5-12(18(21,22)23)31-16(25)29-17)14-10(20)2-4-13(27-14)28-15(30)11-3-1-9(6-24)7-26-11/h1-4,7,12H,5,8H2,(H2,25,29)(H,27,28,30). The number of nitrogens with one attached hydrogen (secondary N) is 1. The van der Waals surface area contributed by atoms with Gasteiger partial charge in [-0.15, -0.1) is 0 Å². The number of amides is 1. The van der Waals surface area contributed by atoms with Gasteiger partial charge in [0.25, 0.3) is 11.9 Å². The summed E-state index contributed by atoms with van der Waals surface area (Å²) in [5, 5.41) is 11.0. The SMILES string of the molecule is N#Cc1ccc(C(=O)Nc2ccc(F)c(C3(CF)CC(C(F)(F)F)OC(N)=N3)n2)nc1. The van der Waals surface area contributed by atoms with Crippen LogP contribution in [-0.2, 0) is 10.3 Å². The van der Waals surface area contributed by atoms with E-state index in [1.165, 1.54) is 12.1 Å². The van der Waals surface area contributed by atoms with E-state index >= 15 is 0 Å². The number of alkyl halides is 4. The Labute approximate surface area is 171 Å². The summed E-state index contributed by atoms with van der Waals surface area (Å²) in [6.07, 6.45) is -7.40. The molecule has 0 aliphatic carbocycles. The first-order chi connectivity index (χ1) is 14.6. The number of hydrogen-bond donors (Lipinski definition) is 2. The Morgan fingerprint density at radius 1 is 1.35 bits per heavy atom. The van der Waals surface area contributed by atoms with Crippen molar-refractivity contribution in [3.63, 3.8) is 0 Å². The summed E-state index contributed by atoms with van der Waals surface area (Å²) in [6, 6.07) is 5.26. The maximum absolute atomic E-state index is 14.5. The van der Waals surface area contributed by atoms with Crippen molar-refractivity contribution in [1.82, 2.24) is 9.97 Å². The molecule has 1 aliphatic heterocycles. The molecule has 13 heteroatoms. The van der Waals surface area contributed by atoms with Crippen LogP contribution in [0.5, 0.6) is 0 Å². The summed E-state index contributed by atoms with van der Waals surface area (Å²) in [6.45, 7) is -1.55. The zero-order valence-corrected chi connectivity index (χ0v) is 15.5. The third-order valence-electron chi connectivity index (χ3n) is 4.35. The van der Waals surface area contributed by atoms with Gasteiger partial charge in [0.1, 0.15) is 41.3 Å². The minimum Gasteiger partial charge on any atom is -0.452 e. The van der Waals surface area contributed by atoms with Crippen LogP contribution >= 0.6 is 0 Å². The molecule has 2 atom stereocenters. The third kappa shape index (κ3) is 4.52. The van der Waals surface area contributed by atoms with E-state index in [4.69, 9.17) is 11.0 Å². The van der Waals surface area contributed by atoms with E-state index in [1.807, 2.05) is 6.07 Å². The Kier molecular flexibility index (Phi) is 5.74. The maximum Gasteiger partial charge on any atom is 0.425 e. The van der Waals surface area contributed by atoms with E-state index in [1.54, 1.807) is 0 Å². The summed E-state index contributed by atoms with van der Waals surface area (Å²) in [5.74, 6) is -2.23. The van der Waals surface area contributed by atoms with Gasteiger partial charge in [-0.1, -0.05) is 0 Å². The van der Waals surface area contributed by atoms with E-state index in [9.17, 15) is 26.7 Å². The molecule has 2 unspecified atom stereocenters. The van der Waals surface area contributed by atoms with Crippen molar-refractivity contribution in [2.45, 2.75) is 24.2 Å². The number of carbonyl (C=O) groups excluding carboxylic acids is 1. The van der Waals surface area contributed by atoms with Gasteiger partial charge in [0.2, 0.25) is 0 Å². The van der Waals surface area contributed by atoms with Gasteiger partial charge in [0, 0.05) is 12.6 Å². The lowest BCUT2D eigenvalue weighted by Gasteiger charge is -2.35. The zero-order valence-electron chi connectivity index (χ0n) is 15.5. The van der Waals surface area contributed by atoms with Gasteiger partial charge >= 0.3 is 6.18 Å². The minimum absolute atomic E-state index is 0.114. The number of rotatable bonds is 4. The second-order valence-corrected chi connectivity index (χ2v) is 6.49. The van der Waals surface area contributed by atoms with E-state index < -0.39 is 54.4 Å². The Morgan fingerprint density at radius 3 is 2.68 bits per heavy atom. The third-order valence-corrected chi connectivity index (χ3v) is 4.35. The van der Waals surface area contributed by atoms with Crippen LogP contribution in [0.25, 0.3) is 0 Å². The molecule has 0 radical (unpaired) electrons. The molecule has 0 bridgehead atoms. The smallest absolute Gasteiger partial charge is 0.425 e. The highest BCUT2D eigenvalue weighted by Gasteiger charge is 2.52. The zero-order chi connectivity index (χ0) is 22.8. The number of carbonyl (C=O) groups is 1. The van der Waals surface area contributed by atoms with Crippen LogP contribution in [0.3, 0.4) is 0 Å². The predicted octanol–water partition coefficient (Wildman–Crippen LogP) is 2.57. The molecule has 3 N–H and O–H groups in total. The highest BCUT2D eigenvalue weighted by molar-refractivity contribution is 6.02. The van der Waals surface area contributed by atoms with Crippen molar-refractivity contribution in [3.8, 4) is 6.07 Å². The summed E-state index contributed by atoms with van der Waals surface area (Å²) in [5.41, 5.74) is 2.20. The maximum atomic E-state index is 14.5.